The monoisotopic (exact) mass is 558 g/mol. The standard InChI is InChI=1S/C35H52O4.Na/c1-22(2)13-12-19-33(11)27(16-14-23(3)4)21-34(20-18-25(7)8)30(37)28(17-15-24(5)6)31(38)35(33,32(34)39)29(36)26(9)10;/h13-15,18,26-27,38H,12,16-17,19-21H2,1-11H3;/q;+1/p-1. The van der Waals surface area contributed by atoms with Gasteiger partial charge in [-0.25, -0.2) is 0 Å². The van der Waals surface area contributed by atoms with Crippen molar-refractivity contribution in [3.8, 4) is 0 Å². The van der Waals surface area contributed by atoms with Gasteiger partial charge in [-0.3, -0.25) is 14.4 Å². The van der Waals surface area contributed by atoms with E-state index in [0.29, 0.717) is 25.7 Å². The number of rotatable bonds is 11. The van der Waals surface area contributed by atoms with Gasteiger partial charge in [0.25, 0.3) is 0 Å². The molecule has 2 bridgehead atoms. The summed E-state index contributed by atoms with van der Waals surface area (Å²) in [4.78, 5) is 43.8. The molecule has 0 aromatic heterocycles. The zero-order chi connectivity index (χ0) is 29.9. The van der Waals surface area contributed by atoms with E-state index in [1.54, 1.807) is 13.8 Å². The van der Waals surface area contributed by atoms with Crippen LogP contribution < -0.4 is 34.7 Å². The maximum Gasteiger partial charge on any atom is 1.00 e. The molecule has 0 amide bonds. The van der Waals surface area contributed by atoms with Crippen LogP contribution in [0.5, 0.6) is 0 Å². The second-order valence-electron chi connectivity index (χ2n) is 13.4. The van der Waals surface area contributed by atoms with E-state index in [0.717, 1.165) is 22.3 Å². The van der Waals surface area contributed by atoms with Crippen molar-refractivity contribution in [3.63, 3.8) is 0 Å². The van der Waals surface area contributed by atoms with Crippen LogP contribution in [-0.2, 0) is 14.4 Å². The SMILES string of the molecule is CC(C)=CCCC1(C)C(CC=C(C)C)CC2(CC=C(C)C)C(=O)C(CC=C(C)C)=C([O-])C1(C(=O)C(C)C)C2=O.[Na+]. The molecule has 1 fully saturated rings. The zero-order valence-electron chi connectivity index (χ0n) is 27.3. The Hall–Kier alpha value is -1.49. The number of Topliss-reactive ketones (excluding diaryl/α,β-unsaturated/α-hetero) is 3. The van der Waals surface area contributed by atoms with E-state index < -0.39 is 33.7 Å². The fourth-order valence-corrected chi connectivity index (χ4v) is 6.69. The first-order chi connectivity index (χ1) is 18.0. The number of allylic oxidation sites excluding steroid dienone is 10. The molecule has 5 heteroatoms. The van der Waals surface area contributed by atoms with Gasteiger partial charge in [0.2, 0.25) is 0 Å². The van der Waals surface area contributed by atoms with Crippen molar-refractivity contribution in [1.82, 2.24) is 0 Å². The smallest absolute Gasteiger partial charge is 0.874 e. The first-order valence-electron chi connectivity index (χ1n) is 14.6. The van der Waals surface area contributed by atoms with Crippen LogP contribution in [0.4, 0.5) is 0 Å². The summed E-state index contributed by atoms with van der Waals surface area (Å²) in [7, 11) is 0. The number of fused-ring (bicyclic) bond motifs is 2. The summed E-state index contributed by atoms with van der Waals surface area (Å²) in [5.41, 5.74) is 0.212. The molecular weight excluding hydrogens is 507 g/mol. The molecule has 4 atom stereocenters. The second-order valence-corrected chi connectivity index (χ2v) is 13.4. The molecule has 0 aromatic rings. The summed E-state index contributed by atoms with van der Waals surface area (Å²) in [5.74, 6) is -2.39. The first-order valence-corrected chi connectivity index (χ1v) is 14.6. The molecule has 1 saturated carbocycles. The summed E-state index contributed by atoms with van der Waals surface area (Å²) in [6.07, 6.45) is 10.6. The van der Waals surface area contributed by atoms with Crippen LogP contribution in [0.1, 0.15) is 115 Å². The fourth-order valence-electron chi connectivity index (χ4n) is 6.69. The summed E-state index contributed by atoms with van der Waals surface area (Å²) >= 11 is 0. The first kappa shape index (κ1) is 36.5. The van der Waals surface area contributed by atoms with Gasteiger partial charge in [-0.2, -0.15) is 0 Å². The van der Waals surface area contributed by atoms with Gasteiger partial charge >= 0.3 is 29.6 Å². The molecular formula is C35H51NaO4. The predicted octanol–water partition coefficient (Wildman–Crippen LogP) is 4.80. The molecule has 0 aromatic carbocycles. The quantitative estimate of drug-likeness (QED) is 0.208. The Labute approximate surface area is 265 Å². The van der Waals surface area contributed by atoms with Gasteiger partial charge in [0, 0.05) is 5.92 Å². The Kier molecular flexibility index (Phi) is 12.9. The average molecular weight is 559 g/mol. The van der Waals surface area contributed by atoms with Gasteiger partial charge in [0.1, 0.15) is 5.41 Å². The van der Waals surface area contributed by atoms with Crippen LogP contribution >= 0.6 is 0 Å². The van der Waals surface area contributed by atoms with Crippen LogP contribution in [0.2, 0.25) is 0 Å². The largest absolute Gasteiger partial charge is 1.00 e. The molecule has 0 spiro atoms. The van der Waals surface area contributed by atoms with Crippen molar-refractivity contribution in [2.75, 3.05) is 0 Å². The molecule has 2 rings (SSSR count). The third-order valence-corrected chi connectivity index (χ3v) is 8.95. The van der Waals surface area contributed by atoms with Crippen molar-refractivity contribution in [2.45, 2.75) is 115 Å². The Bertz CT molecular complexity index is 1150. The van der Waals surface area contributed by atoms with Crippen molar-refractivity contribution in [3.05, 3.63) is 57.9 Å². The van der Waals surface area contributed by atoms with E-state index in [1.807, 2.05) is 74.5 Å². The number of carbonyl (C=O) groups is 3. The van der Waals surface area contributed by atoms with Crippen LogP contribution in [0.25, 0.3) is 0 Å². The molecule has 4 unspecified atom stereocenters. The van der Waals surface area contributed by atoms with E-state index in [4.69, 9.17) is 0 Å². The minimum atomic E-state index is -1.87. The van der Waals surface area contributed by atoms with Crippen LogP contribution in [-0.4, -0.2) is 17.3 Å². The van der Waals surface area contributed by atoms with Gasteiger partial charge in [-0.1, -0.05) is 67.4 Å². The number of ketones is 3. The average Bonchev–Trinajstić information content (AvgIpc) is 2.81. The fraction of sp³-hybridized carbons (Fsp3) is 0.629. The molecule has 216 valence electrons. The van der Waals surface area contributed by atoms with E-state index in [1.165, 1.54) is 0 Å². The Morgan fingerprint density at radius 3 is 1.90 bits per heavy atom. The predicted molar refractivity (Wildman–Crippen MR) is 159 cm³/mol. The van der Waals surface area contributed by atoms with E-state index in [2.05, 4.69) is 12.2 Å². The number of hydrogen-bond acceptors (Lipinski definition) is 4. The molecule has 0 N–H and O–H groups in total. The Balaban J connectivity index is 0.00000800. The molecule has 2 aliphatic rings. The Morgan fingerprint density at radius 1 is 0.900 bits per heavy atom. The van der Waals surface area contributed by atoms with Crippen molar-refractivity contribution >= 4 is 17.3 Å². The van der Waals surface area contributed by atoms with Gasteiger partial charge in [0.15, 0.2) is 17.3 Å². The van der Waals surface area contributed by atoms with Gasteiger partial charge < -0.3 is 5.11 Å². The molecule has 0 heterocycles. The van der Waals surface area contributed by atoms with E-state index in [-0.39, 0.29) is 65.5 Å². The molecule has 0 saturated heterocycles. The summed E-state index contributed by atoms with van der Waals surface area (Å²) in [6, 6.07) is 0. The summed E-state index contributed by atoms with van der Waals surface area (Å²) < 4.78 is 0. The summed E-state index contributed by atoms with van der Waals surface area (Å²) in [6.45, 7) is 21.4. The number of carbonyl (C=O) groups excluding carboxylic acids is 3. The van der Waals surface area contributed by atoms with Crippen molar-refractivity contribution in [1.29, 1.82) is 0 Å². The minimum Gasteiger partial charge on any atom is -0.874 e. The molecule has 40 heavy (non-hydrogen) atoms. The van der Waals surface area contributed by atoms with Gasteiger partial charge in [-0.05, 0) is 111 Å². The normalized spacial score (nSPS) is 27.6. The maximum atomic E-state index is 15.0. The third kappa shape index (κ3) is 6.60. The van der Waals surface area contributed by atoms with Gasteiger partial charge in [0.05, 0.1) is 5.41 Å². The molecule has 4 nitrogen and oxygen atoms in total. The van der Waals surface area contributed by atoms with E-state index in [9.17, 15) is 19.5 Å². The number of hydrogen-bond donors (Lipinski definition) is 0. The topological polar surface area (TPSA) is 74.3 Å². The maximum absolute atomic E-state index is 15.0. The van der Waals surface area contributed by atoms with Crippen LogP contribution in [0.15, 0.2) is 57.9 Å². The molecule has 2 aliphatic carbocycles. The van der Waals surface area contributed by atoms with Gasteiger partial charge in [-0.15, -0.1) is 5.76 Å². The van der Waals surface area contributed by atoms with Crippen LogP contribution in [0.3, 0.4) is 0 Å². The minimum absolute atomic E-state index is 0. The molecule has 0 aliphatic heterocycles. The van der Waals surface area contributed by atoms with Crippen molar-refractivity contribution < 1.29 is 49.0 Å². The molecule has 0 radical (unpaired) electrons. The van der Waals surface area contributed by atoms with Crippen LogP contribution in [0, 0.1) is 28.1 Å². The second kappa shape index (κ2) is 14.1. The van der Waals surface area contributed by atoms with E-state index >= 15 is 0 Å². The zero-order valence-corrected chi connectivity index (χ0v) is 29.3. The Morgan fingerprint density at radius 2 is 1.43 bits per heavy atom. The summed E-state index contributed by atoms with van der Waals surface area (Å²) in [5, 5.41) is 14.7. The van der Waals surface area contributed by atoms with Crippen molar-refractivity contribution in [2.24, 2.45) is 28.1 Å². The third-order valence-electron chi connectivity index (χ3n) is 8.95.